The van der Waals surface area contributed by atoms with Crippen LogP contribution in [0.3, 0.4) is 0 Å². The zero-order chi connectivity index (χ0) is 40.5. The summed E-state index contributed by atoms with van der Waals surface area (Å²) >= 11 is 0. The summed E-state index contributed by atoms with van der Waals surface area (Å²) in [6.07, 6.45) is -9.00. The quantitative estimate of drug-likeness (QED) is 0.155. The van der Waals surface area contributed by atoms with Crippen molar-refractivity contribution in [2.24, 2.45) is 0 Å². The van der Waals surface area contributed by atoms with E-state index in [4.69, 9.17) is 18.6 Å². The second-order valence-electron chi connectivity index (χ2n) is 15.3. The first-order valence-corrected chi connectivity index (χ1v) is 20.7. The lowest BCUT2D eigenvalue weighted by Gasteiger charge is -2.47. The fraction of sp³-hybridized carbons (Fsp3) is 0.583. The Hall–Kier alpha value is -4.23. The molecule has 2 aliphatic heterocycles. The van der Waals surface area contributed by atoms with E-state index in [1.807, 2.05) is 0 Å². The first-order chi connectivity index (χ1) is 25.6. The number of hydrogen-bond donors (Lipinski definition) is 0. The van der Waals surface area contributed by atoms with Gasteiger partial charge in [0.1, 0.15) is 18.0 Å². The number of carbonyl (C=O) groups is 1. The van der Waals surface area contributed by atoms with E-state index in [9.17, 15) is 35.9 Å². The second kappa shape index (κ2) is 16.1. The summed E-state index contributed by atoms with van der Waals surface area (Å²) in [6, 6.07) is 6.06. The molecule has 302 valence electrons. The highest BCUT2D eigenvalue weighted by Gasteiger charge is 2.47. The molecule has 0 radical (unpaired) electrons. The van der Waals surface area contributed by atoms with Crippen LogP contribution in [0.2, 0.25) is 18.1 Å². The molecule has 5 rings (SSSR count). The van der Waals surface area contributed by atoms with Crippen molar-refractivity contribution >= 4 is 20.2 Å². The molecule has 2 saturated heterocycles. The van der Waals surface area contributed by atoms with E-state index in [0.717, 1.165) is 18.6 Å². The monoisotopic (exact) mass is 800 g/mol. The summed E-state index contributed by atoms with van der Waals surface area (Å²) in [5, 5.41) is 3.73. The molecule has 12 nitrogen and oxygen atoms in total. The highest BCUT2D eigenvalue weighted by atomic mass is 28.4. The molecule has 4 heterocycles. The summed E-state index contributed by atoms with van der Waals surface area (Å²) in [6.45, 7) is 12.3. The molecule has 2 unspecified atom stereocenters. The molecule has 0 saturated carbocycles. The molecular formula is C36H46F6N6O6Si. The third-order valence-electron chi connectivity index (χ3n) is 10.3. The van der Waals surface area contributed by atoms with E-state index in [-0.39, 0.29) is 42.6 Å². The maximum Gasteiger partial charge on any atom is 0.425 e. The minimum atomic E-state index is -5.04. The van der Waals surface area contributed by atoms with Crippen molar-refractivity contribution in [1.29, 1.82) is 0 Å². The Kier molecular flexibility index (Phi) is 12.3. The lowest BCUT2D eigenvalue weighted by Crippen LogP contribution is -2.60. The van der Waals surface area contributed by atoms with Crippen molar-refractivity contribution < 1.29 is 49.8 Å². The molecule has 3 aromatic rings. The predicted molar refractivity (Wildman–Crippen MR) is 191 cm³/mol. The third-order valence-corrected chi connectivity index (χ3v) is 14.8. The van der Waals surface area contributed by atoms with Gasteiger partial charge in [-0.3, -0.25) is 9.59 Å². The molecular weight excluding hydrogens is 755 g/mol. The van der Waals surface area contributed by atoms with Crippen molar-refractivity contribution in [3.8, 4) is 11.5 Å². The van der Waals surface area contributed by atoms with Crippen molar-refractivity contribution in [3.05, 3.63) is 69.9 Å². The van der Waals surface area contributed by atoms with Crippen LogP contribution in [-0.2, 0) is 32.9 Å². The Bertz CT molecular complexity index is 1850. The molecule has 1 aromatic carbocycles. The van der Waals surface area contributed by atoms with Crippen LogP contribution < -0.4 is 19.9 Å². The van der Waals surface area contributed by atoms with Gasteiger partial charge in [0.2, 0.25) is 5.95 Å². The normalized spacial score (nSPS) is 20.5. The third kappa shape index (κ3) is 9.78. The second-order valence-corrected chi connectivity index (χ2v) is 20.0. The Labute approximate surface area is 315 Å². The van der Waals surface area contributed by atoms with Crippen LogP contribution in [-0.4, -0.2) is 96.6 Å². The van der Waals surface area contributed by atoms with Gasteiger partial charge >= 0.3 is 12.4 Å². The van der Waals surface area contributed by atoms with Crippen molar-refractivity contribution in [2.45, 2.75) is 102 Å². The summed E-state index contributed by atoms with van der Waals surface area (Å²) < 4.78 is 106. The van der Waals surface area contributed by atoms with Crippen LogP contribution >= 0.6 is 0 Å². The maximum atomic E-state index is 14.2. The molecule has 1 amide bonds. The standard InChI is InChI=1S/C36H46F6N6O6Si/c1-22(53-28-18-45-48(32(50)30(28)36(40,41)42)19-23-8-10-25(51-5)11-9-23)21-52-27-13-15-47(31(27)49)26-12-14-46(20-29(26)54-55(6,7)34(2,3)4)33-43-16-24(17-44-33)35(37,38)39/h8-11,16-18,22,26-27,29H,12-15,19-21H2,1-7H3/t22?,26-,27?,29-/m1/s1. The van der Waals surface area contributed by atoms with Gasteiger partial charge in [0.25, 0.3) is 11.5 Å². The Morgan fingerprint density at radius 1 is 0.927 bits per heavy atom. The first kappa shape index (κ1) is 41.9. The van der Waals surface area contributed by atoms with E-state index in [1.165, 1.54) is 14.0 Å². The van der Waals surface area contributed by atoms with Crippen LogP contribution in [0.15, 0.2) is 47.7 Å². The fourth-order valence-electron chi connectivity index (χ4n) is 6.25. The van der Waals surface area contributed by atoms with E-state index in [0.29, 0.717) is 41.9 Å². The van der Waals surface area contributed by atoms with E-state index in [2.05, 4.69) is 48.9 Å². The average Bonchev–Trinajstić information content (AvgIpc) is 3.46. The van der Waals surface area contributed by atoms with E-state index in [1.54, 1.807) is 34.1 Å². The van der Waals surface area contributed by atoms with Gasteiger partial charge in [-0.05, 0) is 49.2 Å². The van der Waals surface area contributed by atoms with Gasteiger partial charge in [0.05, 0.1) is 44.2 Å². The fourth-order valence-corrected chi connectivity index (χ4v) is 7.59. The number of benzene rings is 1. The number of methoxy groups -OCH3 is 1. The number of likely N-dealkylation sites (tertiary alicyclic amines) is 1. The van der Waals surface area contributed by atoms with E-state index < -0.39 is 61.4 Å². The molecule has 19 heteroatoms. The molecule has 55 heavy (non-hydrogen) atoms. The highest BCUT2D eigenvalue weighted by molar-refractivity contribution is 6.74. The first-order valence-electron chi connectivity index (χ1n) is 17.8. The van der Waals surface area contributed by atoms with E-state index >= 15 is 0 Å². The van der Waals surface area contributed by atoms with Crippen LogP contribution in [0.4, 0.5) is 32.3 Å². The van der Waals surface area contributed by atoms with Gasteiger partial charge in [-0.25, -0.2) is 14.6 Å². The molecule has 0 spiro atoms. The van der Waals surface area contributed by atoms with Crippen LogP contribution in [0.25, 0.3) is 0 Å². The lowest BCUT2D eigenvalue weighted by molar-refractivity contribution is -0.143. The Morgan fingerprint density at radius 3 is 2.16 bits per heavy atom. The van der Waals surface area contributed by atoms with Crippen molar-refractivity contribution in [2.75, 3.05) is 38.3 Å². The molecule has 2 aromatic heterocycles. The van der Waals surface area contributed by atoms with Crippen LogP contribution in [0.5, 0.6) is 11.5 Å². The van der Waals surface area contributed by atoms with Crippen LogP contribution in [0, 0.1) is 0 Å². The minimum absolute atomic E-state index is 0.122. The molecule has 0 bridgehead atoms. The highest BCUT2D eigenvalue weighted by Crippen LogP contribution is 2.40. The number of nitrogens with zero attached hydrogens (tertiary/aromatic N) is 6. The zero-order valence-electron chi connectivity index (χ0n) is 31.7. The van der Waals surface area contributed by atoms with Gasteiger partial charge in [-0.15, -0.1) is 0 Å². The predicted octanol–water partition coefficient (Wildman–Crippen LogP) is 6.18. The SMILES string of the molecule is COc1ccc(Cn2ncc(OC(C)COC3CCN([C@@H]4CCN(c5ncc(C(F)(F)F)cn5)C[C@H]4O[Si](C)(C)C(C)(C)C)C3=O)c(C(F)(F)F)c2=O)cc1. The molecule has 4 atom stereocenters. The Morgan fingerprint density at radius 2 is 1.58 bits per heavy atom. The number of aromatic nitrogens is 4. The number of halogens is 6. The molecule has 2 aliphatic rings. The molecule has 0 aliphatic carbocycles. The largest absolute Gasteiger partial charge is 0.497 e. The number of anilines is 1. The summed E-state index contributed by atoms with van der Waals surface area (Å²) in [5.41, 5.74) is -3.31. The number of hydrogen-bond acceptors (Lipinski definition) is 10. The number of piperidine rings is 1. The molecule has 2 fully saturated rings. The minimum Gasteiger partial charge on any atom is -0.497 e. The Balaban J connectivity index is 1.25. The van der Waals surface area contributed by atoms with Gasteiger partial charge < -0.3 is 28.4 Å². The summed E-state index contributed by atoms with van der Waals surface area (Å²) in [7, 11) is -0.946. The van der Waals surface area contributed by atoms with Crippen molar-refractivity contribution in [1.82, 2.24) is 24.6 Å². The zero-order valence-corrected chi connectivity index (χ0v) is 32.7. The number of ether oxygens (including phenoxy) is 3. The number of carbonyl (C=O) groups excluding carboxylic acids is 1. The topological polar surface area (TPSA) is 121 Å². The van der Waals surface area contributed by atoms with Crippen molar-refractivity contribution in [3.63, 3.8) is 0 Å². The summed E-state index contributed by atoms with van der Waals surface area (Å²) in [4.78, 5) is 38.2. The van der Waals surface area contributed by atoms with Gasteiger partial charge in [0.15, 0.2) is 19.6 Å². The lowest BCUT2D eigenvalue weighted by atomic mass is 10.0. The van der Waals surface area contributed by atoms with Gasteiger partial charge in [-0.1, -0.05) is 32.9 Å². The van der Waals surface area contributed by atoms with Gasteiger partial charge in [-0.2, -0.15) is 31.4 Å². The average molecular weight is 801 g/mol. The number of alkyl halides is 6. The smallest absolute Gasteiger partial charge is 0.425 e. The number of rotatable bonds is 12. The number of amides is 1. The maximum absolute atomic E-state index is 14.2. The van der Waals surface area contributed by atoms with Crippen LogP contribution in [0.1, 0.15) is 57.2 Å². The molecule has 0 N–H and O–H groups in total. The van der Waals surface area contributed by atoms with Gasteiger partial charge in [0, 0.05) is 38.4 Å². The summed E-state index contributed by atoms with van der Waals surface area (Å²) in [5.74, 6) is -0.411.